The predicted molar refractivity (Wildman–Crippen MR) is 66.4 cm³/mol. The van der Waals surface area contributed by atoms with Crippen molar-refractivity contribution >= 4 is 33.5 Å². The van der Waals surface area contributed by atoms with Crippen molar-refractivity contribution in [2.75, 3.05) is 12.4 Å². The molecular weight excluding hydrogens is 309 g/mol. The van der Waals surface area contributed by atoms with Crippen molar-refractivity contribution in [1.82, 2.24) is 19.9 Å². The third kappa shape index (κ3) is 3.24. The van der Waals surface area contributed by atoms with Crippen molar-refractivity contribution in [2.24, 2.45) is 0 Å². The maximum absolute atomic E-state index is 5.72. The molecule has 2 rings (SSSR count). The summed E-state index contributed by atoms with van der Waals surface area (Å²) >= 11 is 9.00. The third-order valence-electron chi connectivity index (χ3n) is 1.70. The van der Waals surface area contributed by atoms with Crippen LogP contribution in [0.1, 0.15) is 0 Å². The lowest BCUT2D eigenvalue weighted by Crippen LogP contribution is -2.01. The molecule has 0 aromatic carbocycles. The maximum atomic E-state index is 5.72. The molecule has 8 heteroatoms. The van der Waals surface area contributed by atoms with Crippen LogP contribution >= 0.6 is 27.5 Å². The summed E-state index contributed by atoms with van der Waals surface area (Å²) in [6.45, 7) is 0. The molecule has 0 spiro atoms. The first kappa shape index (κ1) is 12.0. The minimum absolute atomic E-state index is 0.0577. The average molecular weight is 317 g/mol. The fourth-order valence-corrected chi connectivity index (χ4v) is 1.54. The Hall–Kier alpha value is -1.47. The minimum Gasteiger partial charge on any atom is -0.422 e. The van der Waals surface area contributed by atoms with E-state index in [1.807, 2.05) is 0 Å². The minimum atomic E-state index is 0.0577. The zero-order valence-corrected chi connectivity index (χ0v) is 11.0. The zero-order valence-electron chi connectivity index (χ0n) is 8.69. The Morgan fingerprint density at radius 3 is 2.82 bits per heavy atom. The van der Waals surface area contributed by atoms with Gasteiger partial charge in [-0.3, -0.25) is 4.98 Å². The molecule has 0 radical (unpaired) electrons. The second-order valence-corrected chi connectivity index (χ2v) is 4.16. The highest BCUT2D eigenvalue weighted by molar-refractivity contribution is 9.10. The van der Waals surface area contributed by atoms with Crippen molar-refractivity contribution in [1.29, 1.82) is 0 Å². The average Bonchev–Trinajstić information content (AvgIpc) is 2.28. The molecule has 2 heterocycles. The van der Waals surface area contributed by atoms with Crippen LogP contribution in [-0.2, 0) is 0 Å². The number of nitrogens with zero attached hydrogens (tertiary/aromatic N) is 4. The normalized spacial score (nSPS) is 10.1. The fraction of sp³-hybridized carbons (Fsp3) is 0.111. The first-order chi connectivity index (χ1) is 8.17. The highest BCUT2D eigenvalue weighted by atomic mass is 79.9. The molecule has 88 valence electrons. The van der Waals surface area contributed by atoms with Gasteiger partial charge < -0.3 is 10.1 Å². The molecule has 0 fully saturated rings. The summed E-state index contributed by atoms with van der Waals surface area (Å²) in [5.74, 6) is 0.839. The number of hydrogen-bond acceptors (Lipinski definition) is 6. The van der Waals surface area contributed by atoms with Crippen LogP contribution in [0.5, 0.6) is 11.8 Å². The second kappa shape index (κ2) is 5.24. The lowest BCUT2D eigenvalue weighted by Gasteiger charge is -2.05. The van der Waals surface area contributed by atoms with E-state index in [-0.39, 0.29) is 11.3 Å². The number of hydrogen-bond donors (Lipinski definition) is 1. The van der Waals surface area contributed by atoms with Gasteiger partial charge in [0.25, 0.3) is 0 Å². The van der Waals surface area contributed by atoms with E-state index >= 15 is 0 Å². The summed E-state index contributed by atoms with van der Waals surface area (Å²) in [5, 5.41) is 2.81. The van der Waals surface area contributed by atoms with Crippen LogP contribution in [0.4, 0.5) is 5.95 Å². The van der Waals surface area contributed by atoms with E-state index in [0.717, 1.165) is 4.47 Å². The molecule has 0 amide bonds. The van der Waals surface area contributed by atoms with Gasteiger partial charge in [0.1, 0.15) is 0 Å². The quantitative estimate of drug-likeness (QED) is 0.938. The van der Waals surface area contributed by atoms with Gasteiger partial charge in [0.15, 0.2) is 5.75 Å². The Labute approximate surface area is 111 Å². The summed E-state index contributed by atoms with van der Waals surface area (Å²) in [6, 6.07) is 1.85. The molecule has 2 aromatic rings. The van der Waals surface area contributed by atoms with Crippen LogP contribution in [0.2, 0.25) is 5.28 Å². The number of nitrogens with one attached hydrogen (secondary N) is 1. The third-order valence-corrected chi connectivity index (χ3v) is 2.30. The van der Waals surface area contributed by atoms with Gasteiger partial charge in [-0.15, -0.1) is 0 Å². The van der Waals surface area contributed by atoms with E-state index < -0.39 is 0 Å². The van der Waals surface area contributed by atoms with Gasteiger partial charge in [-0.05, 0) is 33.6 Å². The molecule has 17 heavy (non-hydrogen) atoms. The van der Waals surface area contributed by atoms with Crippen LogP contribution in [0.3, 0.4) is 0 Å². The molecule has 0 atom stereocenters. The van der Waals surface area contributed by atoms with E-state index in [1.54, 1.807) is 25.5 Å². The molecule has 2 aromatic heterocycles. The molecule has 0 aliphatic heterocycles. The zero-order chi connectivity index (χ0) is 12.3. The van der Waals surface area contributed by atoms with Gasteiger partial charge in [0, 0.05) is 17.7 Å². The number of aromatic nitrogens is 4. The van der Waals surface area contributed by atoms with Crippen molar-refractivity contribution < 1.29 is 4.74 Å². The Morgan fingerprint density at radius 2 is 2.12 bits per heavy atom. The van der Waals surface area contributed by atoms with E-state index in [2.05, 4.69) is 41.2 Å². The molecular formula is C9H7BrClN5O. The van der Waals surface area contributed by atoms with Gasteiger partial charge >= 0.3 is 6.01 Å². The lowest BCUT2D eigenvalue weighted by atomic mass is 10.5. The van der Waals surface area contributed by atoms with Crippen LogP contribution < -0.4 is 10.1 Å². The molecule has 6 nitrogen and oxygen atoms in total. The second-order valence-electron chi connectivity index (χ2n) is 2.90. The number of rotatable bonds is 3. The molecule has 1 N–H and O–H groups in total. The summed E-state index contributed by atoms with van der Waals surface area (Å²) in [6.07, 6.45) is 3.19. The SMILES string of the molecule is CNc1nc(Cl)nc(Oc2cncc(Br)c2)n1. The largest absolute Gasteiger partial charge is 0.422 e. The summed E-state index contributed by atoms with van der Waals surface area (Å²) in [4.78, 5) is 15.6. The van der Waals surface area contributed by atoms with Gasteiger partial charge in [0.2, 0.25) is 11.2 Å². The van der Waals surface area contributed by atoms with Crippen molar-refractivity contribution in [2.45, 2.75) is 0 Å². The maximum Gasteiger partial charge on any atom is 0.328 e. The Balaban J connectivity index is 2.26. The topological polar surface area (TPSA) is 72.8 Å². The first-order valence-electron chi connectivity index (χ1n) is 4.55. The molecule has 0 unspecified atom stereocenters. The summed E-state index contributed by atoms with van der Waals surface area (Å²) in [5.41, 5.74) is 0. The smallest absolute Gasteiger partial charge is 0.328 e. The van der Waals surface area contributed by atoms with Crippen molar-refractivity contribution in [3.8, 4) is 11.8 Å². The summed E-state index contributed by atoms with van der Waals surface area (Å²) < 4.78 is 6.20. The monoisotopic (exact) mass is 315 g/mol. The van der Waals surface area contributed by atoms with Crippen LogP contribution in [0.15, 0.2) is 22.9 Å². The van der Waals surface area contributed by atoms with Crippen LogP contribution in [0.25, 0.3) is 0 Å². The predicted octanol–water partition coefficient (Wildman–Crippen LogP) is 2.52. The van der Waals surface area contributed by atoms with Gasteiger partial charge in [-0.1, -0.05) is 0 Å². The molecule has 0 aliphatic carbocycles. The Bertz CT molecular complexity index is 539. The lowest BCUT2D eigenvalue weighted by molar-refractivity contribution is 0.438. The van der Waals surface area contributed by atoms with E-state index in [0.29, 0.717) is 11.7 Å². The number of anilines is 1. The first-order valence-corrected chi connectivity index (χ1v) is 5.72. The van der Waals surface area contributed by atoms with Gasteiger partial charge in [0.05, 0.1) is 6.20 Å². The van der Waals surface area contributed by atoms with Gasteiger partial charge in [-0.25, -0.2) is 0 Å². The Morgan fingerprint density at radius 1 is 1.29 bits per heavy atom. The highest BCUT2D eigenvalue weighted by Gasteiger charge is 2.06. The summed E-state index contributed by atoms with van der Waals surface area (Å²) in [7, 11) is 1.68. The molecule has 0 bridgehead atoms. The van der Waals surface area contributed by atoms with Crippen LogP contribution in [0, 0.1) is 0 Å². The van der Waals surface area contributed by atoms with E-state index in [4.69, 9.17) is 16.3 Å². The van der Waals surface area contributed by atoms with E-state index in [1.165, 1.54) is 0 Å². The molecule has 0 aliphatic rings. The standard InChI is InChI=1S/C9H7BrClN5O/c1-12-8-14-7(11)15-9(16-8)17-6-2-5(10)3-13-4-6/h2-4H,1H3,(H,12,14,15,16). The number of ether oxygens (including phenoxy) is 1. The number of halogens is 2. The fourth-order valence-electron chi connectivity index (χ4n) is 1.04. The van der Waals surface area contributed by atoms with Gasteiger partial charge in [-0.2, -0.15) is 15.0 Å². The molecule has 0 saturated heterocycles. The highest BCUT2D eigenvalue weighted by Crippen LogP contribution is 2.21. The van der Waals surface area contributed by atoms with E-state index in [9.17, 15) is 0 Å². The molecule has 0 saturated carbocycles. The van der Waals surface area contributed by atoms with Crippen molar-refractivity contribution in [3.63, 3.8) is 0 Å². The van der Waals surface area contributed by atoms with Crippen LogP contribution in [-0.4, -0.2) is 27.0 Å². The Kier molecular flexibility index (Phi) is 3.70. The number of pyridine rings is 1. The van der Waals surface area contributed by atoms with Crippen molar-refractivity contribution in [3.05, 3.63) is 28.2 Å².